The van der Waals surface area contributed by atoms with Gasteiger partial charge in [-0.2, -0.15) is 0 Å². The van der Waals surface area contributed by atoms with Crippen LogP contribution in [0.25, 0.3) is 0 Å². The first-order chi connectivity index (χ1) is 18.0. The van der Waals surface area contributed by atoms with Crippen LogP contribution in [0.4, 0.5) is 0 Å². The predicted octanol–water partition coefficient (Wildman–Crippen LogP) is 5.66. The van der Waals surface area contributed by atoms with Crippen LogP contribution < -0.4 is 0 Å². The first kappa shape index (κ1) is 25.9. The Hall–Kier alpha value is -2.69. The maximum absolute atomic E-state index is 12.9. The highest BCUT2D eigenvalue weighted by atomic mass is 16.3. The maximum Gasteiger partial charge on any atom is 0.253 e. The molecule has 0 bridgehead atoms. The van der Waals surface area contributed by atoms with Crippen molar-refractivity contribution in [2.45, 2.75) is 70.5 Å². The van der Waals surface area contributed by atoms with Crippen LogP contribution in [0.2, 0.25) is 0 Å². The summed E-state index contributed by atoms with van der Waals surface area (Å²) < 4.78 is 0. The van der Waals surface area contributed by atoms with Gasteiger partial charge in [0, 0.05) is 31.0 Å². The Morgan fingerprint density at radius 3 is 2.65 bits per heavy atom. The second kappa shape index (κ2) is 11.8. The van der Waals surface area contributed by atoms with E-state index in [0.717, 1.165) is 62.7 Å². The van der Waals surface area contributed by atoms with Gasteiger partial charge in [0.25, 0.3) is 5.91 Å². The van der Waals surface area contributed by atoms with Crippen molar-refractivity contribution in [1.29, 1.82) is 0 Å². The van der Waals surface area contributed by atoms with Gasteiger partial charge < -0.3 is 15.1 Å². The molecule has 1 amide bonds. The first-order valence-corrected chi connectivity index (χ1v) is 14.1. The zero-order valence-electron chi connectivity index (χ0n) is 22.1. The number of rotatable bonds is 8. The monoisotopic (exact) mass is 499 g/mol. The fourth-order valence-corrected chi connectivity index (χ4v) is 6.64. The zero-order chi connectivity index (χ0) is 25.8. The summed E-state index contributed by atoms with van der Waals surface area (Å²) in [5.74, 6) is 1.10. The number of carbonyl (C=O) groups is 1. The van der Waals surface area contributed by atoms with E-state index in [1.807, 2.05) is 29.2 Å². The van der Waals surface area contributed by atoms with Gasteiger partial charge in [-0.3, -0.25) is 4.79 Å². The molecule has 37 heavy (non-hydrogen) atoms. The van der Waals surface area contributed by atoms with Crippen molar-refractivity contribution in [3.05, 3.63) is 94.6 Å². The number of piperidine rings is 1. The number of hydrogen-bond donors (Lipinski definition) is 2. The third-order valence-electron chi connectivity index (χ3n) is 8.58. The number of allylic oxidation sites excluding steroid dienone is 2. The molecule has 4 nitrogen and oxygen atoms in total. The van der Waals surface area contributed by atoms with Gasteiger partial charge >= 0.3 is 0 Å². The molecule has 1 aliphatic heterocycles. The molecule has 0 aromatic heterocycles. The first-order valence-electron chi connectivity index (χ1n) is 14.1. The SMILES string of the molecule is Cc1cccc(C[C@H](O)/C=C/[C@@H]2[C@H]3CC(CCc4cccc(C(=O)N5CCCCC5)c4)=C[C@H]3C[C@H]2O)c1. The molecule has 5 rings (SSSR count). The molecule has 2 aliphatic carbocycles. The largest absolute Gasteiger partial charge is 0.392 e. The quantitative estimate of drug-likeness (QED) is 0.461. The number of hydrogen-bond acceptors (Lipinski definition) is 3. The Bertz CT molecular complexity index is 1150. The van der Waals surface area contributed by atoms with Gasteiger partial charge in [-0.05, 0) is 87.0 Å². The summed E-state index contributed by atoms with van der Waals surface area (Å²) in [4.78, 5) is 14.9. The highest BCUT2D eigenvalue weighted by Crippen LogP contribution is 2.48. The van der Waals surface area contributed by atoms with E-state index in [1.165, 1.54) is 23.1 Å². The third kappa shape index (κ3) is 6.42. The second-order valence-corrected chi connectivity index (χ2v) is 11.4. The molecular weight excluding hydrogens is 458 g/mol. The van der Waals surface area contributed by atoms with E-state index in [1.54, 1.807) is 0 Å². The fourth-order valence-electron chi connectivity index (χ4n) is 6.64. The van der Waals surface area contributed by atoms with Crippen LogP contribution in [-0.4, -0.2) is 46.3 Å². The van der Waals surface area contributed by atoms with Crippen LogP contribution in [0.1, 0.15) is 65.6 Å². The Morgan fingerprint density at radius 1 is 1.05 bits per heavy atom. The lowest BCUT2D eigenvalue weighted by Crippen LogP contribution is -2.35. The van der Waals surface area contributed by atoms with E-state index in [9.17, 15) is 15.0 Å². The van der Waals surface area contributed by atoms with E-state index >= 15 is 0 Å². The van der Waals surface area contributed by atoms with Gasteiger partial charge in [0.15, 0.2) is 0 Å². The van der Waals surface area contributed by atoms with Gasteiger partial charge in [-0.1, -0.05) is 65.8 Å². The van der Waals surface area contributed by atoms with Crippen molar-refractivity contribution in [2.24, 2.45) is 17.8 Å². The molecule has 0 spiro atoms. The average molecular weight is 500 g/mol. The highest BCUT2D eigenvalue weighted by Gasteiger charge is 2.43. The Kier molecular flexibility index (Phi) is 8.26. The number of likely N-dealkylation sites (tertiary alicyclic amines) is 1. The smallest absolute Gasteiger partial charge is 0.253 e. The van der Waals surface area contributed by atoms with Crippen LogP contribution in [0.15, 0.2) is 72.3 Å². The molecule has 2 aromatic carbocycles. The minimum Gasteiger partial charge on any atom is -0.392 e. The van der Waals surface area contributed by atoms with E-state index < -0.39 is 6.10 Å². The van der Waals surface area contributed by atoms with Crippen LogP contribution in [0.3, 0.4) is 0 Å². The number of nitrogens with zero attached hydrogens (tertiary/aromatic N) is 1. The summed E-state index contributed by atoms with van der Waals surface area (Å²) in [6, 6.07) is 16.4. The van der Waals surface area contributed by atoms with Gasteiger partial charge in [-0.25, -0.2) is 0 Å². The van der Waals surface area contributed by atoms with Crippen molar-refractivity contribution in [3.63, 3.8) is 0 Å². The number of aliphatic hydroxyl groups excluding tert-OH is 2. The number of aryl methyl sites for hydroxylation is 2. The van der Waals surface area contributed by atoms with Crippen LogP contribution >= 0.6 is 0 Å². The highest BCUT2D eigenvalue weighted by molar-refractivity contribution is 5.94. The van der Waals surface area contributed by atoms with E-state index in [4.69, 9.17) is 0 Å². The molecule has 4 heteroatoms. The molecule has 196 valence electrons. The maximum atomic E-state index is 12.9. The Labute approximate surface area is 221 Å². The van der Waals surface area contributed by atoms with Gasteiger partial charge in [0.05, 0.1) is 12.2 Å². The molecule has 2 fully saturated rings. The normalized spacial score (nSPS) is 26.4. The zero-order valence-corrected chi connectivity index (χ0v) is 22.1. The van der Waals surface area contributed by atoms with Gasteiger partial charge in [0.2, 0.25) is 0 Å². The van der Waals surface area contributed by atoms with Gasteiger partial charge in [0.1, 0.15) is 0 Å². The molecule has 1 heterocycles. The number of benzene rings is 2. The molecule has 0 unspecified atom stereocenters. The minimum absolute atomic E-state index is 0.0939. The lowest BCUT2D eigenvalue weighted by molar-refractivity contribution is 0.0724. The van der Waals surface area contributed by atoms with Crippen molar-refractivity contribution in [1.82, 2.24) is 4.90 Å². The summed E-state index contributed by atoms with van der Waals surface area (Å²) in [5.41, 5.74) is 5.83. The topological polar surface area (TPSA) is 60.8 Å². The van der Waals surface area contributed by atoms with Crippen molar-refractivity contribution in [3.8, 4) is 0 Å². The van der Waals surface area contributed by atoms with E-state index in [2.05, 4.69) is 49.4 Å². The number of aliphatic hydroxyl groups is 2. The lowest BCUT2D eigenvalue weighted by Gasteiger charge is -2.26. The third-order valence-corrected chi connectivity index (χ3v) is 8.58. The molecule has 1 saturated heterocycles. The fraction of sp³-hybridized carbons (Fsp3) is 0.485. The van der Waals surface area contributed by atoms with Crippen LogP contribution in [0.5, 0.6) is 0 Å². The number of amides is 1. The molecule has 1 saturated carbocycles. The van der Waals surface area contributed by atoms with E-state index in [0.29, 0.717) is 18.3 Å². The van der Waals surface area contributed by atoms with Crippen molar-refractivity contribution >= 4 is 5.91 Å². The van der Waals surface area contributed by atoms with Crippen LogP contribution in [0, 0.1) is 24.7 Å². The van der Waals surface area contributed by atoms with Gasteiger partial charge in [-0.15, -0.1) is 0 Å². The Morgan fingerprint density at radius 2 is 1.84 bits per heavy atom. The molecule has 3 aliphatic rings. The predicted molar refractivity (Wildman–Crippen MR) is 148 cm³/mol. The summed E-state index contributed by atoms with van der Waals surface area (Å²) in [6.45, 7) is 3.82. The minimum atomic E-state index is -0.540. The number of fused-ring (bicyclic) bond motifs is 1. The summed E-state index contributed by atoms with van der Waals surface area (Å²) in [6.07, 6.45) is 13.3. The van der Waals surface area contributed by atoms with Crippen molar-refractivity contribution < 1.29 is 15.0 Å². The molecule has 2 aromatic rings. The summed E-state index contributed by atoms with van der Waals surface area (Å²) in [7, 11) is 0. The lowest BCUT2D eigenvalue weighted by atomic mass is 9.88. The second-order valence-electron chi connectivity index (χ2n) is 11.4. The molecule has 0 radical (unpaired) electrons. The molecule has 5 atom stereocenters. The van der Waals surface area contributed by atoms with Crippen LogP contribution in [-0.2, 0) is 12.8 Å². The Balaban J connectivity index is 1.15. The van der Waals surface area contributed by atoms with Crippen molar-refractivity contribution in [2.75, 3.05) is 13.1 Å². The molecular formula is C33H41NO3. The average Bonchev–Trinajstić information content (AvgIpc) is 3.42. The molecule has 2 N–H and O–H groups in total. The number of carbonyl (C=O) groups excluding carboxylic acids is 1. The summed E-state index contributed by atoms with van der Waals surface area (Å²) >= 11 is 0. The summed E-state index contributed by atoms with van der Waals surface area (Å²) in [5, 5.41) is 21.3. The van der Waals surface area contributed by atoms with E-state index in [-0.39, 0.29) is 17.9 Å². The standard InChI is InChI=1S/C33H41NO3/c1-23-7-5-9-25(17-23)20-29(35)13-14-30-31-21-26(19-28(31)22-32(30)36)12-11-24-8-6-10-27(18-24)33(37)34-15-3-2-4-16-34/h5-10,13-14,17-19,28-32,35-36H,2-4,11-12,15-16,20-22H2,1H3/b14-13+/t28-,29+,30+,31-,32+/m0/s1.